The fraction of sp³-hybridized carbons (Fsp3) is 0.600. The highest BCUT2D eigenvalue weighted by molar-refractivity contribution is 5.49. The Morgan fingerprint density at radius 1 is 1.17 bits per heavy atom. The molecule has 0 bridgehead atoms. The second kappa shape index (κ2) is 5.19. The lowest BCUT2D eigenvalue weighted by Crippen LogP contribution is -2.32. The number of methoxy groups -OCH3 is 2. The number of nitrogens with zero attached hydrogens (tertiary/aromatic N) is 1. The Kier molecular flexibility index (Phi) is 3.81. The molecule has 0 amide bonds. The number of ether oxygens (including phenoxy) is 2. The van der Waals surface area contributed by atoms with Gasteiger partial charge in [-0.3, -0.25) is 0 Å². The molecule has 0 N–H and O–H groups in total. The molecule has 0 aliphatic carbocycles. The molecule has 0 saturated carbocycles. The summed E-state index contributed by atoms with van der Waals surface area (Å²) < 4.78 is 10.8. The lowest BCUT2D eigenvalue weighted by Gasteiger charge is -2.35. The van der Waals surface area contributed by atoms with Crippen LogP contribution in [0.15, 0.2) is 12.1 Å². The van der Waals surface area contributed by atoms with Crippen LogP contribution >= 0.6 is 0 Å². The van der Waals surface area contributed by atoms with Crippen LogP contribution in [0, 0.1) is 5.92 Å². The van der Waals surface area contributed by atoms with Gasteiger partial charge >= 0.3 is 0 Å². The average molecular weight is 249 g/mol. The molecule has 2 rings (SSSR count). The monoisotopic (exact) mass is 249 g/mol. The third kappa shape index (κ3) is 2.32. The predicted octanol–water partition coefficient (Wildman–Crippen LogP) is 2.89. The van der Waals surface area contributed by atoms with Gasteiger partial charge in [-0.15, -0.1) is 0 Å². The summed E-state index contributed by atoms with van der Waals surface area (Å²) in [7, 11) is 5.56. The van der Waals surface area contributed by atoms with Crippen molar-refractivity contribution in [2.75, 3.05) is 27.8 Å². The smallest absolute Gasteiger partial charge is 0.161 e. The van der Waals surface area contributed by atoms with E-state index in [1.165, 1.54) is 11.1 Å². The molecule has 3 nitrogen and oxygen atoms in total. The van der Waals surface area contributed by atoms with Crippen LogP contribution in [-0.4, -0.2) is 32.7 Å². The first kappa shape index (κ1) is 13.2. The molecule has 0 spiro atoms. The van der Waals surface area contributed by atoms with Gasteiger partial charge in [0.15, 0.2) is 11.5 Å². The van der Waals surface area contributed by atoms with Crippen molar-refractivity contribution in [1.29, 1.82) is 0 Å². The van der Waals surface area contributed by atoms with Gasteiger partial charge in [-0.05, 0) is 42.1 Å². The van der Waals surface area contributed by atoms with Crippen molar-refractivity contribution in [1.82, 2.24) is 4.90 Å². The molecule has 1 atom stereocenters. The quantitative estimate of drug-likeness (QED) is 0.822. The van der Waals surface area contributed by atoms with Crippen molar-refractivity contribution in [3.63, 3.8) is 0 Å². The van der Waals surface area contributed by atoms with Gasteiger partial charge in [-0.1, -0.05) is 13.8 Å². The van der Waals surface area contributed by atoms with Crippen LogP contribution in [0.25, 0.3) is 0 Å². The Morgan fingerprint density at radius 3 is 2.33 bits per heavy atom. The first-order valence-corrected chi connectivity index (χ1v) is 6.50. The van der Waals surface area contributed by atoms with E-state index in [4.69, 9.17) is 9.47 Å². The largest absolute Gasteiger partial charge is 0.493 e. The Bertz CT molecular complexity index is 429. The van der Waals surface area contributed by atoms with Crippen molar-refractivity contribution in [3.8, 4) is 11.5 Å². The minimum atomic E-state index is 0.568. The van der Waals surface area contributed by atoms with E-state index in [9.17, 15) is 0 Å². The van der Waals surface area contributed by atoms with Gasteiger partial charge in [0.1, 0.15) is 0 Å². The maximum absolute atomic E-state index is 5.42. The summed E-state index contributed by atoms with van der Waals surface area (Å²) in [5, 5.41) is 0. The van der Waals surface area contributed by atoms with E-state index in [1.807, 2.05) is 0 Å². The van der Waals surface area contributed by atoms with Crippen LogP contribution < -0.4 is 9.47 Å². The Labute approximate surface area is 110 Å². The lowest BCUT2D eigenvalue weighted by molar-refractivity contribution is 0.250. The van der Waals surface area contributed by atoms with Crippen molar-refractivity contribution in [2.45, 2.75) is 26.3 Å². The molecule has 18 heavy (non-hydrogen) atoms. The van der Waals surface area contributed by atoms with E-state index in [2.05, 4.69) is 37.9 Å². The van der Waals surface area contributed by atoms with Crippen LogP contribution in [-0.2, 0) is 6.54 Å². The number of fused-ring (bicyclic) bond motifs is 1. The summed E-state index contributed by atoms with van der Waals surface area (Å²) in [4.78, 5) is 2.37. The molecule has 1 aromatic rings. The maximum atomic E-state index is 5.42. The molecule has 0 saturated heterocycles. The summed E-state index contributed by atoms with van der Waals surface area (Å²) >= 11 is 0. The molecule has 1 aliphatic heterocycles. The topological polar surface area (TPSA) is 21.7 Å². The van der Waals surface area contributed by atoms with Crippen molar-refractivity contribution >= 4 is 0 Å². The third-order valence-corrected chi connectivity index (χ3v) is 3.80. The summed E-state index contributed by atoms with van der Waals surface area (Å²) in [6.07, 6.45) is 0. The Morgan fingerprint density at radius 2 is 1.78 bits per heavy atom. The van der Waals surface area contributed by atoms with Gasteiger partial charge in [0.05, 0.1) is 14.2 Å². The Hall–Kier alpha value is -1.22. The average Bonchev–Trinajstić information content (AvgIpc) is 2.35. The highest BCUT2D eigenvalue weighted by atomic mass is 16.5. The fourth-order valence-electron chi connectivity index (χ4n) is 2.78. The summed E-state index contributed by atoms with van der Waals surface area (Å²) in [5.74, 6) is 2.86. The van der Waals surface area contributed by atoms with Crippen LogP contribution in [0.1, 0.15) is 30.9 Å². The molecule has 0 radical (unpaired) electrons. The van der Waals surface area contributed by atoms with E-state index in [-0.39, 0.29) is 0 Å². The zero-order valence-corrected chi connectivity index (χ0v) is 12.0. The summed E-state index contributed by atoms with van der Waals surface area (Å²) in [6, 6.07) is 4.28. The van der Waals surface area contributed by atoms with Crippen molar-refractivity contribution in [2.24, 2.45) is 5.92 Å². The first-order valence-electron chi connectivity index (χ1n) is 6.50. The van der Waals surface area contributed by atoms with Crippen LogP contribution in [0.5, 0.6) is 11.5 Å². The summed E-state index contributed by atoms with van der Waals surface area (Å²) in [6.45, 7) is 6.66. The van der Waals surface area contributed by atoms with Gasteiger partial charge in [0.25, 0.3) is 0 Å². The van der Waals surface area contributed by atoms with Gasteiger partial charge in [0, 0.05) is 13.1 Å². The highest BCUT2D eigenvalue weighted by Crippen LogP contribution is 2.39. The molecule has 3 heteroatoms. The fourth-order valence-corrected chi connectivity index (χ4v) is 2.78. The molecule has 1 aliphatic rings. The number of likely N-dealkylation sites (N-methyl/N-ethyl adjacent to an activating group) is 1. The van der Waals surface area contributed by atoms with E-state index < -0.39 is 0 Å². The molecule has 1 heterocycles. The molecular formula is C15H23NO2. The second-order valence-corrected chi connectivity index (χ2v) is 5.45. The van der Waals surface area contributed by atoms with E-state index in [0.717, 1.165) is 24.6 Å². The van der Waals surface area contributed by atoms with E-state index >= 15 is 0 Å². The highest BCUT2D eigenvalue weighted by Gasteiger charge is 2.27. The first-order chi connectivity index (χ1) is 8.56. The Balaban J connectivity index is 2.49. The number of hydrogen-bond donors (Lipinski definition) is 0. The predicted molar refractivity (Wildman–Crippen MR) is 73.5 cm³/mol. The van der Waals surface area contributed by atoms with Crippen molar-refractivity contribution in [3.05, 3.63) is 23.3 Å². The molecule has 100 valence electrons. The minimum Gasteiger partial charge on any atom is -0.493 e. The second-order valence-electron chi connectivity index (χ2n) is 5.45. The van der Waals surface area contributed by atoms with Crippen LogP contribution in [0.2, 0.25) is 0 Å². The molecular weight excluding hydrogens is 226 g/mol. The lowest BCUT2D eigenvalue weighted by atomic mass is 9.82. The van der Waals surface area contributed by atoms with Crippen LogP contribution in [0.4, 0.5) is 0 Å². The standard InChI is InChI=1S/C15H23NO2/c1-10(2)13-9-16(3)8-11-6-14(17-4)15(18-5)7-12(11)13/h6-7,10,13H,8-9H2,1-5H3/t13-/m0/s1. The van der Waals surface area contributed by atoms with E-state index in [1.54, 1.807) is 14.2 Å². The molecule has 0 fully saturated rings. The minimum absolute atomic E-state index is 0.568. The molecule has 0 aromatic heterocycles. The van der Waals surface area contributed by atoms with Gasteiger partial charge in [0.2, 0.25) is 0 Å². The van der Waals surface area contributed by atoms with E-state index in [0.29, 0.717) is 11.8 Å². The van der Waals surface area contributed by atoms with Gasteiger partial charge in [-0.2, -0.15) is 0 Å². The zero-order valence-electron chi connectivity index (χ0n) is 12.0. The van der Waals surface area contributed by atoms with Crippen molar-refractivity contribution < 1.29 is 9.47 Å². The molecule has 0 unspecified atom stereocenters. The van der Waals surface area contributed by atoms with Gasteiger partial charge in [-0.25, -0.2) is 0 Å². The summed E-state index contributed by atoms with van der Waals surface area (Å²) in [5.41, 5.74) is 2.78. The maximum Gasteiger partial charge on any atom is 0.161 e. The number of rotatable bonds is 3. The van der Waals surface area contributed by atoms with Gasteiger partial charge < -0.3 is 14.4 Å². The SMILES string of the molecule is COc1cc2c(cc1OC)[C@H](C(C)C)CN(C)C2. The number of hydrogen-bond acceptors (Lipinski definition) is 3. The molecule has 1 aromatic carbocycles. The van der Waals surface area contributed by atoms with Crippen LogP contribution in [0.3, 0.4) is 0 Å². The third-order valence-electron chi connectivity index (χ3n) is 3.80. The zero-order chi connectivity index (χ0) is 13.3. The normalized spacial score (nSPS) is 19.8. The number of benzene rings is 1.